The second kappa shape index (κ2) is 9.70. The first kappa shape index (κ1) is 23.9. The Kier molecular flexibility index (Phi) is 6.28. The molecule has 0 atom stereocenters. The van der Waals surface area contributed by atoms with Crippen molar-refractivity contribution in [1.82, 2.24) is 15.0 Å². The first-order valence-corrected chi connectivity index (χ1v) is 12.6. The van der Waals surface area contributed by atoms with E-state index < -0.39 is 15.9 Å². The lowest BCUT2D eigenvalue weighted by Crippen LogP contribution is -2.17. The van der Waals surface area contributed by atoms with Gasteiger partial charge in [-0.3, -0.25) is 14.5 Å². The van der Waals surface area contributed by atoms with Crippen LogP contribution in [0.4, 0.5) is 11.4 Å². The Morgan fingerprint density at radius 1 is 0.973 bits per heavy atom. The first-order valence-electron chi connectivity index (χ1n) is 11.1. The average Bonchev–Trinajstić information content (AvgIpc) is 3.40. The summed E-state index contributed by atoms with van der Waals surface area (Å²) in [5.74, 6) is -0.570. The van der Waals surface area contributed by atoms with Gasteiger partial charge in [0.2, 0.25) is 5.88 Å². The number of aromatic nitrogens is 3. The van der Waals surface area contributed by atoms with Gasteiger partial charge >= 0.3 is 5.91 Å². The van der Waals surface area contributed by atoms with Gasteiger partial charge in [0, 0.05) is 10.9 Å². The van der Waals surface area contributed by atoms with E-state index in [1.54, 1.807) is 13.0 Å². The third-order valence-electron chi connectivity index (χ3n) is 5.48. The molecule has 37 heavy (non-hydrogen) atoms. The highest BCUT2D eigenvalue weighted by Crippen LogP contribution is 2.29. The Morgan fingerprint density at radius 3 is 2.51 bits per heavy atom. The van der Waals surface area contributed by atoms with Crippen LogP contribution in [0, 0.1) is 6.92 Å². The Morgan fingerprint density at radius 2 is 1.73 bits per heavy atom. The molecule has 0 spiro atoms. The highest BCUT2D eigenvalue weighted by atomic mass is 32.2. The van der Waals surface area contributed by atoms with Crippen molar-refractivity contribution in [2.24, 2.45) is 0 Å². The SMILES string of the molecule is COc1ncc(NC(=O)c2ncc(-c3ccccc3)o2)cc1S(=O)(=O)Nc1cc2ccccc2nc1C. The molecule has 5 aromatic rings. The maximum absolute atomic E-state index is 13.3. The van der Waals surface area contributed by atoms with Crippen molar-refractivity contribution in [3.05, 3.63) is 90.7 Å². The van der Waals surface area contributed by atoms with E-state index in [1.165, 1.54) is 25.6 Å². The largest absolute Gasteiger partial charge is 0.480 e. The number of rotatable bonds is 7. The number of hydrogen-bond acceptors (Lipinski definition) is 8. The van der Waals surface area contributed by atoms with E-state index in [4.69, 9.17) is 9.15 Å². The zero-order valence-corrected chi connectivity index (χ0v) is 20.6. The lowest BCUT2D eigenvalue weighted by molar-refractivity contribution is 0.0991. The molecule has 0 aliphatic heterocycles. The van der Waals surface area contributed by atoms with Gasteiger partial charge in [-0.1, -0.05) is 48.5 Å². The van der Waals surface area contributed by atoms with Crippen LogP contribution in [0.15, 0.2) is 88.4 Å². The third kappa shape index (κ3) is 4.98. The van der Waals surface area contributed by atoms with Gasteiger partial charge in [0.15, 0.2) is 10.7 Å². The summed E-state index contributed by atoms with van der Waals surface area (Å²) < 4.78 is 40.0. The van der Waals surface area contributed by atoms with Gasteiger partial charge in [0.1, 0.15) is 0 Å². The number of ether oxygens (including phenoxy) is 1. The van der Waals surface area contributed by atoms with Crippen molar-refractivity contribution in [3.63, 3.8) is 0 Å². The number of pyridine rings is 2. The molecular formula is C26H21N5O5S. The lowest BCUT2D eigenvalue weighted by Gasteiger charge is -2.14. The number of fused-ring (bicyclic) bond motifs is 1. The summed E-state index contributed by atoms with van der Waals surface area (Å²) in [6.07, 6.45) is 2.72. The van der Waals surface area contributed by atoms with Crippen LogP contribution in [0.25, 0.3) is 22.2 Å². The van der Waals surface area contributed by atoms with Gasteiger partial charge in [-0.15, -0.1) is 0 Å². The quantitative estimate of drug-likeness (QED) is 0.320. The minimum atomic E-state index is -4.17. The van der Waals surface area contributed by atoms with Gasteiger partial charge < -0.3 is 14.5 Å². The molecule has 0 aliphatic carbocycles. The Hall–Kier alpha value is -4.77. The molecule has 1 amide bonds. The van der Waals surface area contributed by atoms with Crippen LogP contribution in [-0.4, -0.2) is 36.4 Å². The fourth-order valence-electron chi connectivity index (χ4n) is 3.66. The number of amides is 1. The molecule has 2 N–H and O–H groups in total. The highest BCUT2D eigenvalue weighted by molar-refractivity contribution is 7.92. The molecule has 0 radical (unpaired) electrons. The second-order valence-electron chi connectivity index (χ2n) is 8.00. The fourth-order valence-corrected chi connectivity index (χ4v) is 4.92. The van der Waals surface area contributed by atoms with Crippen LogP contribution in [-0.2, 0) is 10.0 Å². The predicted octanol–water partition coefficient (Wildman–Crippen LogP) is 4.65. The minimum absolute atomic E-state index is 0.110. The van der Waals surface area contributed by atoms with E-state index in [1.807, 2.05) is 54.6 Å². The Balaban J connectivity index is 1.41. The summed E-state index contributed by atoms with van der Waals surface area (Å²) in [6, 6.07) is 19.5. The first-order chi connectivity index (χ1) is 17.8. The standard InChI is InChI=1S/C26H21N5O5S/c1-16-21(12-18-10-6-7-11-20(18)29-16)31-37(33,34)23-13-19(14-27-25(23)35-2)30-24(32)26-28-15-22(36-26)17-8-4-3-5-9-17/h3-15,31H,1-2H3,(H,30,32). The number of benzene rings is 2. The lowest BCUT2D eigenvalue weighted by atomic mass is 10.2. The topological polar surface area (TPSA) is 136 Å². The van der Waals surface area contributed by atoms with Crippen LogP contribution in [0.5, 0.6) is 5.88 Å². The van der Waals surface area contributed by atoms with Crippen LogP contribution in [0.1, 0.15) is 16.4 Å². The summed E-state index contributed by atoms with van der Waals surface area (Å²) in [4.78, 5) is 25.0. The molecule has 0 unspecified atom stereocenters. The summed E-state index contributed by atoms with van der Waals surface area (Å²) in [7, 11) is -2.86. The number of para-hydroxylation sites is 1. The Bertz CT molecular complexity index is 1720. The third-order valence-corrected chi connectivity index (χ3v) is 6.84. The molecule has 3 heterocycles. The van der Waals surface area contributed by atoms with Gasteiger partial charge in [-0.25, -0.2) is 18.4 Å². The van der Waals surface area contributed by atoms with Crippen molar-refractivity contribution in [1.29, 1.82) is 0 Å². The van der Waals surface area contributed by atoms with E-state index in [-0.39, 0.29) is 22.4 Å². The summed E-state index contributed by atoms with van der Waals surface area (Å²) in [5.41, 5.74) is 2.42. The number of nitrogens with one attached hydrogen (secondary N) is 2. The van der Waals surface area contributed by atoms with Gasteiger partial charge in [-0.05, 0) is 25.1 Å². The van der Waals surface area contributed by atoms with Crippen molar-refractivity contribution < 1.29 is 22.4 Å². The van der Waals surface area contributed by atoms with Crippen LogP contribution >= 0.6 is 0 Å². The maximum Gasteiger partial charge on any atom is 0.311 e. The van der Waals surface area contributed by atoms with Crippen molar-refractivity contribution in [2.45, 2.75) is 11.8 Å². The van der Waals surface area contributed by atoms with Crippen molar-refractivity contribution >= 4 is 38.2 Å². The normalized spacial score (nSPS) is 11.3. The zero-order chi connectivity index (χ0) is 26.0. The molecule has 10 nitrogen and oxygen atoms in total. The van der Waals surface area contributed by atoms with Crippen molar-refractivity contribution in [3.8, 4) is 17.2 Å². The summed E-state index contributed by atoms with van der Waals surface area (Å²) >= 11 is 0. The number of hydrogen-bond donors (Lipinski definition) is 2. The Labute approximate surface area is 212 Å². The molecule has 5 rings (SSSR count). The zero-order valence-electron chi connectivity index (χ0n) is 19.8. The number of anilines is 2. The van der Waals surface area contributed by atoms with Crippen LogP contribution < -0.4 is 14.8 Å². The molecule has 2 aromatic carbocycles. The number of carbonyl (C=O) groups excluding carboxylic acids is 1. The van der Waals surface area contributed by atoms with E-state index >= 15 is 0 Å². The minimum Gasteiger partial charge on any atom is -0.480 e. The van der Waals surface area contributed by atoms with Gasteiger partial charge in [0.05, 0.1) is 42.1 Å². The van der Waals surface area contributed by atoms with Crippen LogP contribution in [0.3, 0.4) is 0 Å². The highest BCUT2D eigenvalue weighted by Gasteiger charge is 2.24. The molecule has 0 saturated carbocycles. The summed E-state index contributed by atoms with van der Waals surface area (Å²) in [5, 5.41) is 3.34. The van der Waals surface area contributed by atoms with Crippen LogP contribution in [0.2, 0.25) is 0 Å². The molecule has 0 saturated heterocycles. The number of sulfonamides is 1. The fraction of sp³-hybridized carbons (Fsp3) is 0.0769. The molecule has 11 heteroatoms. The van der Waals surface area contributed by atoms with Crippen molar-refractivity contribution in [2.75, 3.05) is 17.1 Å². The van der Waals surface area contributed by atoms with E-state index in [2.05, 4.69) is 25.0 Å². The number of oxazole rings is 1. The smallest absolute Gasteiger partial charge is 0.311 e. The average molecular weight is 516 g/mol. The maximum atomic E-state index is 13.3. The van der Waals surface area contributed by atoms with E-state index in [0.717, 1.165) is 16.5 Å². The monoisotopic (exact) mass is 515 g/mol. The molecule has 0 aliphatic rings. The molecular weight excluding hydrogens is 494 g/mol. The van der Waals surface area contributed by atoms with E-state index in [0.29, 0.717) is 17.1 Å². The number of aryl methyl sites for hydroxylation is 1. The summed E-state index contributed by atoms with van der Waals surface area (Å²) in [6.45, 7) is 1.70. The number of nitrogens with zero attached hydrogens (tertiary/aromatic N) is 3. The van der Waals surface area contributed by atoms with Gasteiger partial charge in [0.25, 0.3) is 15.9 Å². The van der Waals surface area contributed by atoms with E-state index in [9.17, 15) is 13.2 Å². The number of methoxy groups -OCH3 is 1. The molecule has 186 valence electrons. The number of carbonyl (C=O) groups is 1. The molecule has 0 fully saturated rings. The predicted molar refractivity (Wildman–Crippen MR) is 138 cm³/mol. The molecule has 3 aromatic heterocycles. The van der Waals surface area contributed by atoms with Gasteiger partial charge in [-0.2, -0.15) is 0 Å². The molecule has 0 bridgehead atoms. The second-order valence-corrected chi connectivity index (χ2v) is 9.65.